The Labute approximate surface area is 101 Å². The molecular weight excluding hydrogens is 244 g/mol. The molecule has 2 rings (SSSR count). The van der Waals surface area contributed by atoms with Crippen LogP contribution >= 0.6 is 23.1 Å². The molecule has 86 valence electrons. The van der Waals surface area contributed by atoms with Gasteiger partial charge in [0, 0.05) is 7.05 Å². The van der Waals surface area contributed by atoms with Crippen molar-refractivity contribution in [1.29, 1.82) is 0 Å². The predicted octanol–water partition coefficient (Wildman–Crippen LogP) is 1.16. The van der Waals surface area contributed by atoms with Crippen LogP contribution in [0.1, 0.15) is 10.7 Å². The van der Waals surface area contributed by atoms with Crippen LogP contribution in [-0.2, 0) is 12.8 Å². The van der Waals surface area contributed by atoms with E-state index in [1.807, 2.05) is 24.7 Å². The van der Waals surface area contributed by atoms with Gasteiger partial charge in [0.1, 0.15) is 5.01 Å². The van der Waals surface area contributed by atoms with Crippen molar-refractivity contribution in [3.8, 4) is 0 Å². The lowest BCUT2D eigenvalue weighted by atomic mass is 10.5. The second-order valence-electron chi connectivity index (χ2n) is 3.18. The van der Waals surface area contributed by atoms with Gasteiger partial charge in [-0.25, -0.2) is 5.84 Å². The number of nitrogens with zero attached hydrogens (tertiary/aromatic N) is 4. The fraction of sp³-hybridized carbons (Fsp3) is 0.375. The Hall–Kier alpha value is -1.12. The Kier molecular flexibility index (Phi) is 3.42. The molecule has 0 saturated heterocycles. The first-order valence-electron chi connectivity index (χ1n) is 4.61. The Balaban J connectivity index is 1.99. The summed E-state index contributed by atoms with van der Waals surface area (Å²) in [6.07, 6.45) is 0. The minimum Gasteiger partial charge on any atom is -0.298 e. The first-order valence-corrected chi connectivity index (χ1v) is 6.41. The number of hydrazine groups is 1. The normalized spacial score (nSPS) is 10.7. The summed E-state index contributed by atoms with van der Waals surface area (Å²) in [4.78, 5) is 0. The van der Waals surface area contributed by atoms with Crippen LogP contribution in [0.25, 0.3) is 0 Å². The molecule has 8 heteroatoms. The van der Waals surface area contributed by atoms with Gasteiger partial charge in [-0.05, 0) is 13.0 Å². The smallest absolute Gasteiger partial charge is 0.219 e. The number of hydrogen-bond acceptors (Lipinski definition) is 7. The van der Waals surface area contributed by atoms with E-state index in [0.717, 1.165) is 21.5 Å². The van der Waals surface area contributed by atoms with Gasteiger partial charge in [0.15, 0.2) is 0 Å². The molecule has 0 unspecified atom stereocenters. The number of nitrogens with two attached hydrogens (primary N) is 1. The highest BCUT2D eigenvalue weighted by atomic mass is 32.2. The highest BCUT2D eigenvalue weighted by Gasteiger charge is 2.06. The number of nitrogen functional groups attached to an aromatic ring is 1. The van der Waals surface area contributed by atoms with E-state index >= 15 is 0 Å². The molecule has 0 bridgehead atoms. The third kappa shape index (κ3) is 2.52. The number of hydrogen-bond donors (Lipinski definition) is 2. The molecule has 16 heavy (non-hydrogen) atoms. The molecule has 0 saturated carbocycles. The van der Waals surface area contributed by atoms with E-state index in [2.05, 4.69) is 20.7 Å². The topological polar surface area (TPSA) is 81.6 Å². The summed E-state index contributed by atoms with van der Waals surface area (Å²) in [5.41, 5.74) is 3.50. The maximum absolute atomic E-state index is 5.23. The van der Waals surface area contributed by atoms with Gasteiger partial charge >= 0.3 is 0 Å². The molecule has 0 aliphatic carbocycles. The van der Waals surface area contributed by atoms with Crippen molar-refractivity contribution in [1.82, 2.24) is 20.0 Å². The highest BCUT2D eigenvalue weighted by molar-refractivity contribution is 7.98. The SMILES string of the molecule is Cc1cc(SCc2nnc(NN)s2)n(C)n1. The molecule has 0 radical (unpaired) electrons. The zero-order chi connectivity index (χ0) is 11.5. The number of aromatic nitrogens is 4. The molecular formula is C8H12N6S2. The van der Waals surface area contributed by atoms with Crippen LogP contribution < -0.4 is 11.3 Å². The van der Waals surface area contributed by atoms with Crippen molar-refractivity contribution in [2.45, 2.75) is 17.7 Å². The number of anilines is 1. The Morgan fingerprint density at radius 1 is 1.56 bits per heavy atom. The lowest BCUT2D eigenvalue weighted by molar-refractivity contribution is 0.692. The van der Waals surface area contributed by atoms with Crippen molar-refractivity contribution in [3.05, 3.63) is 16.8 Å². The first kappa shape index (κ1) is 11.4. The van der Waals surface area contributed by atoms with Crippen LogP contribution in [0.5, 0.6) is 0 Å². The Morgan fingerprint density at radius 2 is 2.38 bits per heavy atom. The van der Waals surface area contributed by atoms with Crippen LogP contribution in [-0.4, -0.2) is 20.0 Å². The number of aryl methyl sites for hydroxylation is 2. The van der Waals surface area contributed by atoms with Crippen molar-refractivity contribution in [3.63, 3.8) is 0 Å². The number of thioether (sulfide) groups is 1. The standard InChI is InChI=1S/C8H12N6S2/c1-5-3-7(14(2)13-5)15-4-6-11-12-8(10-9)16-6/h3H,4,9H2,1-2H3,(H,10,12). The summed E-state index contributed by atoms with van der Waals surface area (Å²) in [6.45, 7) is 1.98. The number of nitrogens with one attached hydrogen (secondary N) is 1. The summed E-state index contributed by atoms with van der Waals surface area (Å²) in [5.74, 6) is 6.01. The van der Waals surface area contributed by atoms with Crippen molar-refractivity contribution in [2.24, 2.45) is 12.9 Å². The summed E-state index contributed by atoms with van der Waals surface area (Å²) >= 11 is 3.14. The van der Waals surface area contributed by atoms with E-state index in [0.29, 0.717) is 5.13 Å². The quantitative estimate of drug-likeness (QED) is 0.485. The van der Waals surface area contributed by atoms with Crippen molar-refractivity contribution in [2.75, 3.05) is 5.43 Å². The molecule has 2 aromatic heterocycles. The molecule has 0 atom stereocenters. The molecule has 0 aromatic carbocycles. The fourth-order valence-electron chi connectivity index (χ4n) is 1.23. The number of rotatable bonds is 4. The highest BCUT2D eigenvalue weighted by Crippen LogP contribution is 2.25. The zero-order valence-electron chi connectivity index (χ0n) is 8.97. The van der Waals surface area contributed by atoms with Gasteiger partial charge in [0.05, 0.1) is 16.5 Å². The molecule has 0 spiro atoms. The molecule has 0 aliphatic heterocycles. The van der Waals surface area contributed by atoms with Gasteiger partial charge in [-0.2, -0.15) is 5.10 Å². The summed E-state index contributed by atoms with van der Waals surface area (Å²) in [6, 6.07) is 2.05. The molecule has 2 heterocycles. The van der Waals surface area contributed by atoms with E-state index in [4.69, 9.17) is 5.84 Å². The van der Waals surface area contributed by atoms with Crippen LogP contribution in [0, 0.1) is 6.92 Å². The van der Waals surface area contributed by atoms with Crippen molar-refractivity contribution >= 4 is 28.2 Å². The van der Waals surface area contributed by atoms with E-state index in [1.165, 1.54) is 11.3 Å². The summed E-state index contributed by atoms with van der Waals surface area (Å²) in [7, 11) is 1.93. The van der Waals surface area contributed by atoms with E-state index in [9.17, 15) is 0 Å². The molecule has 0 amide bonds. The maximum atomic E-state index is 5.23. The Morgan fingerprint density at radius 3 is 2.94 bits per heavy atom. The zero-order valence-corrected chi connectivity index (χ0v) is 10.6. The van der Waals surface area contributed by atoms with Crippen LogP contribution in [0.4, 0.5) is 5.13 Å². The summed E-state index contributed by atoms with van der Waals surface area (Å²) < 4.78 is 1.86. The largest absolute Gasteiger partial charge is 0.298 e. The third-order valence-corrected chi connectivity index (χ3v) is 4.03. The molecule has 0 fully saturated rings. The van der Waals surface area contributed by atoms with Crippen molar-refractivity contribution < 1.29 is 0 Å². The predicted molar refractivity (Wildman–Crippen MR) is 65.2 cm³/mol. The molecule has 3 N–H and O–H groups in total. The summed E-state index contributed by atoms with van der Waals surface area (Å²) in [5, 5.41) is 14.9. The lowest BCUT2D eigenvalue weighted by Gasteiger charge is -1.97. The average molecular weight is 256 g/mol. The van der Waals surface area contributed by atoms with Gasteiger partial charge in [-0.1, -0.05) is 23.1 Å². The van der Waals surface area contributed by atoms with Gasteiger partial charge in [-0.3, -0.25) is 10.1 Å². The second-order valence-corrected chi connectivity index (χ2v) is 5.24. The Bertz CT molecular complexity index is 477. The van der Waals surface area contributed by atoms with Crippen LogP contribution in [0.2, 0.25) is 0 Å². The first-order chi connectivity index (χ1) is 7.69. The lowest BCUT2D eigenvalue weighted by Crippen LogP contribution is -2.05. The van der Waals surface area contributed by atoms with E-state index in [1.54, 1.807) is 11.8 Å². The average Bonchev–Trinajstić information content (AvgIpc) is 2.82. The van der Waals surface area contributed by atoms with Gasteiger partial charge in [0.25, 0.3) is 0 Å². The maximum Gasteiger partial charge on any atom is 0.219 e. The van der Waals surface area contributed by atoms with Gasteiger partial charge in [0.2, 0.25) is 5.13 Å². The monoisotopic (exact) mass is 256 g/mol. The van der Waals surface area contributed by atoms with Gasteiger partial charge < -0.3 is 0 Å². The molecule has 6 nitrogen and oxygen atoms in total. The third-order valence-electron chi connectivity index (χ3n) is 1.89. The fourth-order valence-corrected chi connectivity index (χ4v) is 2.90. The molecule has 0 aliphatic rings. The minimum absolute atomic E-state index is 0.636. The van der Waals surface area contributed by atoms with Gasteiger partial charge in [-0.15, -0.1) is 10.2 Å². The van der Waals surface area contributed by atoms with E-state index in [-0.39, 0.29) is 0 Å². The minimum atomic E-state index is 0.636. The van der Waals surface area contributed by atoms with Crippen LogP contribution in [0.3, 0.4) is 0 Å². The van der Waals surface area contributed by atoms with E-state index < -0.39 is 0 Å². The second kappa shape index (κ2) is 4.81. The molecule has 2 aromatic rings. The van der Waals surface area contributed by atoms with Crippen LogP contribution in [0.15, 0.2) is 11.1 Å².